The highest BCUT2D eigenvalue weighted by Crippen LogP contribution is 2.45. The first-order valence-corrected chi connectivity index (χ1v) is 5.33. The molecule has 7 heavy (non-hydrogen) atoms. The van der Waals surface area contributed by atoms with Crippen LogP contribution in [0.1, 0.15) is 0 Å². The van der Waals surface area contributed by atoms with Crippen molar-refractivity contribution in [3.8, 4) is 0 Å². The monoisotopic (exact) mass is 140 g/mol. The maximum atomic E-state index is 10.6. The molecule has 0 saturated heterocycles. The van der Waals surface area contributed by atoms with Crippen LogP contribution in [0.15, 0.2) is 0 Å². The third-order valence-electron chi connectivity index (χ3n) is 0.369. The molecule has 0 aliphatic heterocycles. The van der Waals surface area contributed by atoms with Gasteiger partial charge in [-0.05, 0) is 0 Å². The summed E-state index contributed by atoms with van der Waals surface area (Å²) in [6.45, 7) is 1.57. The van der Waals surface area contributed by atoms with Crippen LogP contribution in [0.2, 0.25) is 0 Å². The van der Waals surface area contributed by atoms with Gasteiger partial charge in [-0.3, -0.25) is 0 Å². The van der Waals surface area contributed by atoms with Gasteiger partial charge in [0, 0.05) is 13.8 Å². The van der Waals surface area contributed by atoms with Crippen LogP contribution in [0.3, 0.4) is 0 Å². The molecular formula is C3H9O2PS. The molecular weight excluding hydrogens is 131 g/mol. The second-order valence-electron chi connectivity index (χ2n) is 1.47. The summed E-state index contributed by atoms with van der Waals surface area (Å²) in [6.07, 6.45) is -1.93. The fourth-order valence-corrected chi connectivity index (χ4v) is 1.07. The predicted octanol–water partition coefficient (Wildman–Crippen LogP) is 1.43. The van der Waals surface area contributed by atoms with Gasteiger partial charge in [0.25, 0.3) is 0 Å². The first-order chi connectivity index (χ1) is 3.06. The molecule has 0 heterocycles. The van der Waals surface area contributed by atoms with E-state index < -0.39 is 6.34 Å². The van der Waals surface area contributed by atoms with Gasteiger partial charge in [-0.1, -0.05) is 0 Å². The topological polar surface area (TPSA) is 26.3 Å². The molecule has 1 unspecified atom stereocenters. The highest BCUT2D eigenvalue weighted by Gasteiger charge is 2.04. The molecule has 0 aromatic carbocycles. The third kappa shape index (κ3) is 6.54. The summed E-state index contributed by atoms with van der Waals surface area (Å²) in [5.41, 5.74) is 0. The van der Waals surface area contributed by atoms with Gasteiger partial charge in [-0.25, -0.2) is 0 Å². The fraction of sp³-hybridized carbons (Fsp3) is 1.00. The number of methoxy groups -OCH3 is 1. The van der Waals surface area contributed by atoms with E-state index in [9.17, 15) is 4.57 Å². The summed E-state index contributed by atoms with van der Waals surface area (Å²) in [4.78, 5) is 0. The number of hydrogen-bond acceptors (Lipinski definition) is 2. The Kier molecular flexibility index (Phi) is 2.96. The smallest absolute Gasteiger partial charge is 0.157 e. The van der Waals surface area contributed by atoms with E-state index in [1.165, 1.54) is 7.11 Å². The average Bonchev–Trinajstić information content (AvgIpc) is 1.30. The van der Waals surface area contributed by atoms with Crippen molar-refractivity contribution in [2.24, 2.45) is 0 Å². The lowest BCUT2D eigenvalue weighted by Gasteiger charge is -1.99. The molecule has 0 aliphatic rings. The first kappa shape index (κ1) is 7.54. The predicted molar refractivity (Wildman–Crippen MR) is 34.4 cm³/mol. The largest absolute Gasteiger partial charge is 0.376 e. The van der Waals surface area contributed by atoms with Gasteiger partial charge in [-0.2, -0.15) is 0 Å². The Morgan fingerprint density at radius 3 is 2.29 bits per heavy atom. The number of thiol groups is 1. The minimum absolute atomic E-state index is 0.260. The van der Waals surface area contributed by atoms with E-state index in [0.717, 1.165) is 0 Å². The van der Waals surface area contributed by atoms with Crippen molar-refractivity contribution < 1.29 is 9.30 Å². The van der Waals surface area contributed by atoms with Crippen molar-refractivity contribution in [1.82, 2.24) is 0 Å². The quantitative estimate of drug-likeness (QED) is 0.464. The molecule has 0 amide bonds. The zero-order valence-corrected chi connectivity index (χ0v) is 6.21. The Morgan fingerprint density at radius 1 is 1.86 bits per heavy atom. The molecule has 0 spiro atoms. The maximum absolute atomic E-state index is 10.6. The summed E-state index contributed by atoms with van der Waals surface area (Å²) < 4.78 is 15.1. The van der Waals surface area contributed by atoms with E-state index >= 15 is 0 Å². The minimum atomic E-state index is -2.19. The van der Waals surface area contributed by atoms with Gasteiger partial charge < -0.3 is 9.30 Å². The molecule has 0 aliphatic carbocycles. The Bertz CT molecular complexity index is 86.9. The summed E-state index contributed by atoms with van der Waals surface area (Å²) >= 11 is 3.77. The third-order valence-corrected chi connectivity index (χ3v) is 1.45. The Morgan fingerprint density at radius 2 is 2.29 bits per heavy atom. The number of hydrogen-bond donors (Lipinski definition) is 1. The van der Waals surface area contributed by atoms with E-state index in [2.05, 4.69) is 17.0 Å². The lowest BCUT2D eigenvalue weighted by Crippen LogP contribution is -1.82. The maximum Gasteiger partial charge on any atom is 0.157 e. The van der Waals surface area contributed by atoms with Crippen molar-refractivity contribution >= 4 is 18.6 Å². The van der Waals surface area contributed by atoms with Gasteiger partial charge in [-0.15, -0.1) is 12.2 Å². The molecule has 1 atom stereocenters. The second-order valence-corrected chi connectivity index (χ2v) is 6.37. The Labute approximate surface area is 48.8 Å². The summed E-state index contributed by atoms with van der Waals surface area (Å²) in [5, 5.41) is 0. The van der Waals surface area contributed by atoms with E-state index in [1.54, 1.807) is 6.66 Å². The molecule has 0 aromatic rings. The van der Waals surface area contributed by atoms with Gasteiger partial charge in [0.1, 0.15) is 6.35 Å². The number of ether oxygens (including phenoxy) is 1. The van der Waals surface area contributed by atoms with Crippen LogP contribution in [0.25, 0.3) is 0 Å². The van der Waals surface area contributed by atoms with Crippen LogP contribution in [0, 0.1) is 0 Å². The lowest BCUT2D eigenvalue weighted by atomic mass is 11.5. The van der Waals surface area contributed by atoms with Crippen LogP contribution >= 0.6 is 18.6 Å². The van der Waals surface area contributed by atoms with Crippen LogP contribution < -0.4 is 0 Å². The summed E-state index contributed by atoms with van der Waals surface area (Å²) in [7, 11) is 1.51. The van der Waals surface area contributed by atoms with Crippen LogP contribution in [-0.2, 0) is 9.30 Å². The van der Waals surface area contributed by atoms with Crippen molar-refractivity contribution in [2.45, 2.75) is 0 Å². The van der Waals surface area contributed by atoms with Crippen LogP contribution in [0.5, 0.6) is 0 Å². The Hall–Kier alpha value is 0.540. The zero-order valence-electron chi connectivity index (χ0n) is 4.42. The molecule has 0 saturated carbocycles. The normalized spacial score (nSPS) is 18.7. The SMILES string of the molecule is COCP(C)(=O)S. The molecule has 0 rings (SSSR count). The number of rotatable bonds is 2. The summed E-state index contributed by atoms with van der Waals surface area (Å²) in [6, 6.07) is 0. The van der Waals surface area contributed by atoms with Crippen molar-refractivity contribution in [1.29, 1.82) is 0 Å². The van der Waals surface area contributed by atoms with E-state index in [4.69, 9.17) is 0 Å². The standard InChI is InChI=1S/C3H9O2PS/c1-5-3-6(2,4)7/h3H2,1-2H3,(H,4,7). The highest BCUT2D eigenvalue weighted by molar-refractivity contribution is 8.47. The van der Waals surface area contributed by atoms with Crippen molar-refractivity contribution in [2.75, 3.05) is 20.1 Å². The molecule has 0 fully saturated rings. The van der Waals surface area contributed by atoms with Crippen molar-refractivity contribution in [3.63, 3.8) is 0 Å². The van der Waals surface area contributed by atoms with Crippen molar-refractivity contribution in [3.05, 3.63) is 0 Å². The van der Waals surface area contributed by atoms with Gasteiger partial charge >= 0.3 is 0 Å². The van der Waals surface area contributed by atoms with Gasteiger partial charge in [0.2, 0.25) is 0 Å². The molecule has 0 N–H and O–H groups in total. The van der Waals surface area contributed by atoms with E-state index in [0.29, 0.717) is 0 Å². The molecule has 0 radical (unpaired) electrons. The lowest BCUT2D eigenvalue weighted by molar-refractivity contribution is 0.251. The van der Waals surface area contributed by atoms with Gasteiger partial charge in [0.15, 0.2) is 6.34 Å². The van der Waals surface area contributed by atoms with Gasteiger partial charge in [0.05, 0.1) is 0 Å². The average molecular weight is 140 g/mol. The molecule has 4 heteroatoms. The molecule has 0 bridgehead atoms. The minimum Gasteiger partial charge on any atom is -0.376 e. The second kappa shape index (κ2) is 2.75. The van der Waals surface area contributed by atoms with Crippen LogP contribution in [-0.4, -0.2) is 20.1 Å². The molecule has 0 aromatic heterocycles. The van der Waals surface area contributed by atoms with Crippen LogP contribution in [0.4, 0.5) is 0 Å². The highest BCUT2D eigenvalue weighted by atomic mass is 32.7. The first-order valence-electron chi connectivity index (χ1n) is 1.84. The van der Waals surface area contributed by atoms with E-state index in [-0.39, 0.29) is 6.35 Å². The summed E-state index contributed by atoms with van der Waals surface area (Å²) in [5.74, 6) is 0. The fourth-order valence-electron chi connectivity index (χ4n) is 0.240. The molecule has 44 valence electrons. The zero-order chi connectivity index (χ0) is 5.91. The van der Waals surface area contributed by atoms with E-state index in [1.807, 2.05) is 0 Å². The Balaban J connectivity index is 3.36. The molecule has 2 nitrogen and oxygen atoms in total.